The van der Waals surface area contributed by atoms with Gasteiger partial charge in [-0.25, -0.2) is 9.97 Å². The van der Waals surface area contributed by atoms with E-state index in [-0.39, 0.29) is 23.5 Å². The van der Waals surface area contributed by atoms with Crippen molar-refractivity contribution in [2.45, 2.75) is 13.8 Å². The molecular formula is C46H29N3OS. The van der Waals surface area contributed by atoms with Crippen LogP contribution in [0, 0.1) is 13.8 Å². The minimum atomic E-state index is -0.466. The second kappa shape index (κ2) is 10.6. The predicted octanol–water partition coefficient (Wildman–Crippen LogP) is 12.9. The molecule has 5 heteroatoms. The van der Waals surface area contributed by atoms with Gasteiger partial charge in [-0.3, -0.25) is 0 Å². The van der Waals surface area contributed by atoms with Crippen molar-refractivity contribution in [3.05, 3.63) is 151 Å². The number of benzene rings is 7. The van der Waals surface area contributed by atoms with E-state index < -0.39 is 18.1 Å². The maximum Gasteiger partial charge on any atom is 0.180 e. The summed E-state index contributed by atoms with van der Waals surface area (Å²) >= 11 is 1.84. The highest BCUT2D eigenvalue weighted by Gasteiger charge is 2.24. The van der Waals surface area contributed by atoms with Gasteiger partial charge in [-0.15, -0.1) is 11.3 Å². The number of aryl methyl sites for hydroxylation is 2. The lowest BCUT2D eigenvalue weighted by atomic mass is 9.98. The Bertz CT molecular complexity index is 3500. The fourth-order valence-corrected chi connectivity index (χ4v) is 9.19. The zero-order valence-corrected chi connectivity index (χ0v) is 28.4. The highest BCUT2D eigenvalue weighted by Crippen LogP contribution is 2.48. The molecule has 4 heterocycles. The first-order valence-corrected chi connectivity index (χ1v) is 17.7. The summed E-state index contributed by atoms with van der Waals surface area (Å²) in [4.78, 5) is 9.81. The van der Waals surface area contributed by atoms with Crippen LogP contribution in [0.2, 0.25) is 0 Å². The summed E-state index contributed by atoms with van der Waals surface area (Å²) in [6.07, 6.45) is 0. The van der Waals surface area contributed by atoms with E-state index in [1.54, 1.807) is 0 Å². The Morgan fingerprint density at radius 2 is 1.37 bits per heavy atom. The molecular weight excluding hydrogens is 643 g/mol. The first-order chi connectivity index (χ1) is 27.2. The highest BCUT2D eigenvalue weighted by molar-refractivity contribution is 7.27. The van der Waals surface area contributed by atoms with Crippen LogP contribution in [0.25, 0.3) is 103 Å². The molecule has 4 aromatic heterocycles. The summed E-state index contributed by atoms with van der Waals surface area (Å²) in [5.41, 5.74) is 8.04. The van der Waals surface area contributed by atoms with Crippen molar-refractivity contribution >= 4 is 86.2 Å². The van der Waals surface area contributed by atoms with Crippen LogP contribution >= 0.6 is 11.3 Å². The van der Waals surface area contributed by atoms with E-state index in [9.17, 15) is 0 Å². The molecule has 11 aromatic rings. The van der Waals surface area contributed by atoms with Gasteiger partial charge in [0, 0.05) is 58.5 Å². The molecule has 51 heavy (non-hydrogen) atoms. The molecule has 0 saturated carbocycles. The van der Waals surface area contributed by atoms with Crippen molar-refractivity contribution in [1.29, 1.82) is 0 Å². The van der Waals surface area contributed by atoms with E-state index in [0.717, 1.165) is 38.8 Å². The lowest BCUT2D eigenvalue weighted by molar-refractivity contribution is 0.667. The Labute approximate surface area is 303 Å². The van der Waals surface area contributed by atoms with E-state index in [1.165, 1.54) is 41.7 Å². The van der Waals surface area contributed by atoms with Crippen molar-refractivity contribution in [3.8, 4) is 28.3 Å². The van der Waals surface area contributed by atoms with E-state index in [2.05, 4.69) is 103 Å². The number of hydrogen-bond acceptors (Lipinski definition) is 4. The molecule has 0 aliphatic heterocycles. The van der Waals surface area contributed by atoms with E-state index >= 15 is 0 Å². The number of para-hydroxylation sites is 2. The van der Waals surface area contributed by atoms with Crippen LogP contribution in [-0.4, -0.2) is 14.5 Å². The molecule has 11 rings (SSSR count). The summed E-state index contributed by atoms with van der Waals surface area (Å²) in [7, 11) is 0. The Morgan fingerprint density at radius 3 is 2.22 bits per heavy atom. The zero-order valence-electron chi connectivity index (χ0n) is 32.6. The normalized spacial score (nSPS) is 13.5. The molecule has 0 bridgehead atoms. The zero-order chi connectivity index (χ0) is 38.1. The maximum atomic E-state index is 8.76. The Balaban J connectivity index is 1.22. The van der Waals surface area contributed by atoms with Gasteiger partial charge in [0.25, 0.3) is 0 Å². The van der Waals surface area contributed by atoms with Crippen LogP contribution in [0.4, 0.5) is 0 Å². The van der Waals surface area contributed by atoms with Crippen LogP contribution < -0.4 is 0 Å². The minimum Gasteiger partial charge on any atom is -0.452 e. The van der Waals surface area contributed by atoms with Crippen LogP contribution in [0.3, 0.4) is 0 Å². The summed E-state index contributed by atoms with van der Waals surface area (Å²) in [5.74, 6) is 0.0402. The second-order valence-electron chi connectivity index (χ2n) is 13.0. The van der Waals surface area contributed by atoms with Gasteiger partial charge in [-0.05, 0) is 66.8 Å². The summed E-state index contributed by atoms with van der Waals surface area (Å²) in [5, 5.41) is 8.12. The molecule has 0 saturated heterocycles. The van der Waals surface area contributed by atoms with Gasteiger partial charge in [0.05, 0.1) is 17.9 Å². The first-order valence-electron chi connectivity index (χ1n) is 19.3. The highest BCUT2D eigenvalue weighted by atomic mass is 32.1. The van der Waals surface area contributed by atoms with Crippen molar-refractivity contribution in [1.82, 2.24) is 14.5 Å². The molecule has 0 aliphatic carbocycles. The summed E-state index contributed by atoms with van der Waals surface area (Å²) < 4.78 is 53.8. The molecule has 0 fully saturated rings. The third-order valence-electron chi connectivity index (χ3n) is 10.1. The van der Waals surface area contributed by atoms with E-state index in [0.29, 0.717) is 22.4 Å². The first kappa shape index (κ1) is 24.0. The van der Waals surface area contributed by atoms with Crippen molar-refractivity contribution in [2.24, 2.45) is 0 Å². The van der Waals surface area contributed by atoms with Gasteiger partial charge in [-0.2, -0.15) is 0 Å². The van der Waals surface area contributed by atoms with Crippen LogP contribution in [-0.2, 0) is 0 Å². The Hall–Kier alpha value is -6.30. The molecule has 0 spiro atoms. The molecule has 240 valence electrons. The lowest BCUT2D eigenvalue weighted by Crippen LogP contribution is -2.01. The SMILES string of the molecule is [2H]c1c([2H])c([2H])c(-c2nc(-c3cc(C)c(-n4c5ccccc5c5c6sc7ccccc7c6c6ccccc6c54)cc3C)c3oc4ccccc4c3n2)c([2H])c1[2H]. The smallest absolute Gasteiger partial charge is 0.180 e. The van der Waals surface area contributed by atoms with Gasteiger partial charge in [0.1, 0.15) is 16.8 Å². The number of hydrogen-bond donors (Lipinski definition) is 0. The average molecular weight is 677 g/mol. The number of aromatic nitrogens is 3. The van der Waals surface area contributed by atoms with Gasteiger partial charge in [0.2, 0.25) is 0 Å². The number of furan rings is 1. The van der Waals surface area contributed by atoms with Gasteiger partial charge >= 0.3 is 0 Å². The lowest BCUT2D eigenvalue weighted by Gasteiger charge is -2.17. The van der Waals surface area contributed by atoms with E-state index in [4.69, 9.17) is 21.2 Å². The predicted molar refractivity (Wildman–Crippen MR) is 214 cm³/mol. The van der Waals surface area contributed by atoms with Crippen molar-refractivity contribution in [3.63, 3.8) is 0 Å². The molecule has 4 nitrogen and oxygen atoms in total. The van der Waals surface area contributed by atoms with Crippen molar-refractivity contribution < 1.29 is 11.3 Å². The third-order valence-corrected chi connectivity index (χ3v) is 11.3. The quantitative estimate of drug-likeness (QED) is 0.187. The van der Waals surface area contributed by atoms with E-state index in [1.807, 2.05) is 35.6 Å². The molecule has 0 atom stereocenters. The fourth-order valence-electron chi connectivity index (χ4n) is 7.92. The largest absolute Gasteiger partial charge is 0.452 e. The maximum absolute atomic E-state index is 8.76. The van der Waals surface area contributed by atoms with Crippen LogP contribution in [0.1, 0.15) is 18.0 Å². The topological polar surface area (TPSA) is 43.9 Å². The number of fused-ring (bicyclic) bond motifs is 13. The number of nitrogens with zero attached hydrogens (tertiary/aromatic N) is 3. The molecule has 0 radical (unpaired) electrons. The fraction of sp³-hybridized carbons (Fsp3) is 0.0435. The molecule has 0 N–H and O–H groups in total. The molecule has 0 unspecified atom stereocenters. The van der Waals surface area contributed by atoms with Gasteiger partial charge < -0.3 is 8.98 Å². The second-order valence-corrected chi connectivity index (χ2v) is 14.1. The third kappa shape index (κ3) is 4.01. The Kier molecular flexibility index (Phi) is 4.98. The molecule has 0 aliphatic rings. The molecule has 0 amide bonds. The van der Waals surface area contributed by atoms with Crippen LogP contribution in [0.15, 0.2) is 144 Å². The number of thiophene rings is 1. The number of rotatable bonds is 3. The molecule has 7 aromatic carbocycles. The van der Waals surface area contributed by atoms with Crippen LogP contribution in [0.5, 0.6) is 0 Å². The minimum absolute atomic E-state index is 0.0402. The standard InChI is InChI=1S/C46H29N3OS/c1-26-25-36(27(2)24-34(26)42-44-41(32-19-9-12-22-37(32)50-44)47-46(48-42)28-14-4-3-5-15-28)49-35-21-11-8-18-31(35)40-43(49)30-17-7-6-16-29(30)39-33-20-10-13-23-38(33)51-45(39)40/h3-25H,1-2H3/i3D,4D,5D,14D,15D. The Morgan fingerprint density at radius 1 is 0.667 bits per heavy atom. The summed E-state index contributed by atoms with van der Waals surface area (Å²) in [6, 6.07) is 35.8. The monoisotopic (exact) mass is 676 g/mol. The average Bonchev–Trinajstić information content (AvgIpc) is 3.90. The summed E-state index contributed by atoms with van der Waals surface area (Å²) in [6.45, 7) is 4.15. The van der Waals surface area contributed by atoms with Gasteiger partial charge in [0.15, 0.2) is 11.4 Å². The van der Waals surface area contributed by atoms with Gasteiger partial charge in [-0.1, -0.05) is 103 Å². The van der Waals surface area contributed by atoms with Crippen molar-refractivity contribution in [2.75, 3.05) is 0 Å².